The molecule has 0 spiro atoms. The van der Waals surface area contributed by atoms with Crippen LogP contribution in [-0.4, -0.2) is 17.4 Å². The van der Waals surface area contributed by atoms with Crippen molar-refractivity contribution in [3.63, 3.8) is 0 Å². The van der Waals surface area contributed by atoms with Crippen LogP contribution < -0.4 is 0 Å². The number of nitriles is 1. The molecule has 0 aromatic rings. The van der Waals surface area contributed by atoms with E-state index < -0.39 is 0 Å². The van der Waals surface area contributed by atoms with Gasteiger partial charge in [-0.3, -0.25) is 4.79 Å². The van der Waals surface area contributed by atoms with E-state index in [9.17, 15) is 4.79 Å². The molecule has 0 bridgehead atoms. The van der Waals surface area contributed by atoms with Gasteiger partial charge in [0, 0.05) is 13.5 Å². The zero-order chi connectivity index (χ0) is 9.40. The van der Waals surface area contributed by atoms with E-state index in [4.69, 9.17) is 5.26 Å². The normalized spacial score (nSPS) is 9.08. The van der Waals surface area contributed by atoms with Crippen molar-refractivity contribution < 1.29 is 4.79 Å². The van der Waals surface area contributed by atoms with Crippen molar-refractivity contribution in [2.45, 2.75) is 39.5 Å². The van der Waals surface area contributed by atoms with E-state index in [1.807, 2.05) is 6.19 Å². The van der Waals surface area contributed by atoms with Crippen LogP contribution in [0.15, 0.2) is 0 Å². The van der Waals surface area contributed by atoms with Crippen LogP contribution in [0.4, 0.5) is 0 Å². The monoisotopic (exact) mass is 168 g/mol. The Labute approximate surface area is 74.0 Å². The van der Waals surface area contributed by atoms with Crippen molar-refractivity contribution >= 4 is 5.91 Å². The Bertz CT molecular complexity index is 172. The highest BCUT2D eigenvalue weighted by molar-refractivity contribution is 5.74. The quantitative estimate of drug-likeness (QED) is 0.357. The third-order valence-corrected chi connectivity index (χ3v) is 1.74. The van der Waals surface area contributed by atoms with Gasteiger partial charge in [0.15, 0.2) is 6.19 Å². The Hall–Kier alpha value is -1.04. The van der Waals surface area contributed by atoms with Gasteiger partial charge in [0.05, 0.1) is 0 Å². The van der Waals surface area contributed by atoms with E-state index in [0.29, 0.717) is 6.54 Å². The van der Waals surface area contributed by atoms with Gasteiger partial charge in [-0.2, -0.15) is 5.26 Å². The Morgan fingerprint density at radius 1 is 1.42 bits per heavy atom. The lowest BCUT2D eigenvalue weighted by molar-refractivity contribution is -0.125. The van der Waals surface area contributed by atoms with Crippen LogP contribution in [0.1, 0.15) is 39.5 Å². The van der Waals surface area contributed by atoms with E-state index in [0.717, 1.165) is 12.8 Å². The Morgan fingerprint density at radius 3 is 2.50 bits per heavy atom. The van der Waals surface area contributed by atoms with Gasteiger partial charge in [-0.05, 0) is 6.42 Å². The summed E-state index contributed by atoms with van der Waals surface area (Å²) < 4.78 is 0. The maximum absolute atomic E-state index is 10.7. The lowest BCUT2D eigenvalue weighted by Gasteiger charge is -2.09. The van der Waals surface area contributed by atoms with Crippen LogP contribution >= 0.6 is 0 Å². The molecule has 68 valence electrons. The van der Waals surface area contributed by atoms with Crippen molar-refractivity contribution in [2.24, 2.45) is 0 Å². The highest BCUT2D eigenvalue weighted by Gasteiger charge is 2.04. The number of rotatable bonds is 5. The summed E-state index contributed by atoms with van der Waals surface area (Å²) in [5, 5.41) is 8.51. The predicted molar refractivity (Wildman–Crippen MR) is 47.1 cm³/mol. The molecule has 0 radical (unpaired) electrons. The first kappa shape index (κ1) is 11.0. The third kappa shape index (κ3) is 4.73. The van der Waals surface area contributed by atoms with E-state index in [-0.39, 0.29) is 5.91 Å². The Morgan fingerprint density at radius 2 is 2.08 bits per heavy atom. The molecule has 0 aliphatic heterocycles. The molecule has 12 heavy (non-hydrogen) atoms. The molecule has 0 atom stereocenters. The maximum atomic E-state index is 10.7. The minimum atomic E-state index is -0.158. The van der Waals surface area contributed by atoms with Gasteiger partial charge in [-0.15, -0.1) is 0 Å². The second kappa shape index (κ2) is 6.66. The molecule has 0 fully saturated rings. The van der Waals surface area contributed by atoms with Crippen molar-refractivity contribution in [3.8, 4) is 6.19 Å². The summed E-state index contributed by atoms with van der Waals surface area (Å²) in [5.41, 5.74) is 0. The summed E-state index contributed by atoms with van der Waals surface area (Å²) in [6.45, 7) is 4.13. The van der Waals surface area contributed by atoms with Crippen molar-refractivity contribution in [1.29, 1.82) is 5.26 Å². The van der Waals surface area contributed by atoms with Crippen LogP contribution in [0.25, 0.3) is 0 Å². The van der Waals surface area contributed by atoms with E-state index in [2.05, 4.69) is 6.92 Å². The molecule has 0 aliphatic rings. The van der Waals surface area contributed by atoms with E-state index in [1.165, 1.54) is 24.7 Å². The van der Waals surface area contributed by atoms with Gasteiger partial charge in [0.2, 0.25) is 5.91 Å². The number of unbranched alkanes of at least 4 members (excludes halogenated alkanes) is 3. The molecule has 3 heteroatoms. The molecule has 0 aromatic carbocycles. The topological polar surface area (TPSA) is 44.1 Å². The molecule has 0 unspecified atom stereocenters. The fourth-order valence-corrected chi connectivity index (χ4v) is 0.975. The largest absolute Gasteiger partial charge is 0.274 e. The molecule has 1 amide bonds. The van der Waals surface area contributed by atoms with Crippen LogP contribution in [0, 0.1) is 11.5 Å². The predicted octanol–water partition coefficient (Wildman–Crippen LogP) is 1.90. The molecule has 0 saturated carbocycles. The average Bonchev–Trinajstić information content (AvgIpc) is 2.04. The summed E-state index contributed by atoms with van der Waals surface area (Å²) in [6.07, 6.45) is 6.24. The summed E-state index contributed by atoms with van der Waals surface area (Å²) in [4.78, 5) is 11.9. The van der Waals surface area contributed by atoms with Gasteiger partial charge in [0.1, 0.15) is 0 Å². The second-order valence-corrected chi connectivity index (χ2v) is 2.83. The molecule has 0 N–H and O–H groups in total. The summed E-state index contributed by atoms with van der Waals surface area (Å²) in [7, 11) is 0. The van der Waals surface area contributed by atoms with Crippen LogP contribution in [0.2, 0.25) is 0 Å². The standard InChI is InChI=1S/C9H16N2O/c1-3-4-5-6-7-11(8-10)9(2)12/h3-7H2,1-2H3. The van der Waals surface area contributed by atoms with Crippen LogP contribution in [-0.2, 0) is 4.79 Å². The summed E-state index contributed by atoms with van der Waals surface area (Å²) in [5.74, 6) is -0.158. The SMILES string of the molecule is CCCCCCN(C#N)C(C)=O. The molecular weight excluding hydrogens is 152 g/mol. The maximum Gasteiger partial charge on any atom is 0.232 e. The molecule has 0 aromatic heterocycles. The highest BCUT2D eigenvalue weighted by atomic mass is 16.2. The van der Waals surface area contributed by atoms with Gasteiger partial charge < -0.3 is 0 Å². The number of carbonyl (C=O) groups is 1. The third-order valence-electron chi connectivity index (χ3n) is 1.74. The minimum Gasteiger partial charge on any atom is -0.274 e. The first-order valence-electron chi connectivity index (χ1n) is 4.40. The molecular formula is C9H16N2O. The van der Waals surface area contributed by atoms with Gasteiger partial charge in [-0.1, -0.05) is 26.2 Å². The zero-order valence-corrected chi connectivity index (χ0v) is 7.84. The van der Waals surface area contributed by atoms with Crippen LogP contribution in [0.3, 0.4) is 0 Å². The average molecular weight is 168 g/mol. The molecule has 0 aliphatic carbocycles. The molecule has 3 nitrogen and oxygen atoms in total. The Balaban J connectivity index is 3.47. The van der Waals surface area contributed by atoms with Gasteiger partial charge in [-0.25, -0.2) is 4.90 Å². The second-order valence-electron chi connectivity index (χ2n) is 2.83. The fraction of sp³-hybridized carbons (Fsp3) is 0.778. The van der Waals surface area contributed by atoms with Crippen molar-refractivity contribution in [3.05, 3.63) is 0 Å². The van der Waals surface area contributed by atoms with Crippen LogP contribution in [0.5, 0.6) is 0 Å². The lowest BCUT2D eigenvalue weighted by Crippen LogP contribution is -2.24. The number of carbonyl (C=O) groups excluding carboxylic acids is 1. The first-order valence-corrected chi connectivity index (χ1v) is 4.40. The minimum absolute atomic E-state index is 0.158. The fourth-order valence-electron chi connectivity index (χ4n) is 0.975. The molecule has 0 rings (SSSR count). The number of amides is 1. The summed E-state index contributed by atoms with van der Waals surface area (Å²) in [6, 6.07) is 0. The molecule has 0 heterocycles. The number of nitrogens with zero attached hydrogens (tertiary/aromatic N) is 2. The smallest absolute Gasteiger partial charge is 0.232 e. The zero-order valence-electron chi connectivity index (χ0n) is 7.84. The Kier molecular flexibility index (Phi) is 6.08. The van der Waals surface area contributed by atoms with Gasteiger partial charge in [0.25, 0.3) is 0 Å². The van der Waals surface area contributed by atoms with Crippen molar-refractivity contribution in [1.82, 2.24) is 4.90 Å². The van der Waals surface area contributed by atoms with E-state index in [1.54, 1.807) is 0 Å². The lowest BCUT2D eigenvalue weighted by atomic mass is 10.2. The van der Waals surface area contributed by atoms with Crippen molar-refractivity contribution in [2.75, 3.05) is 6.54 Å². The van der Waals surface area contributed by atoms with Gasteiger partial charge >= 0.3 is 0 Å². The van der Waals surface area contributed by atoms with E-state index >= 15 is 0 Å². The molecule has 0 saturated heterocycles. The summed E-state index contributed by atoms with van der Waals surface area (Å²) >= 11 is 0. The number of hydrogen-bond acceptors (Lipinski definition) is 2. The number of hydrogen-bond donors (Lipinski definition) is 0. The first-order chi connectivity index (χ1) is 5.72. The highest BCUT2D eigenvalue weighted by Crippen LogP contribution is 2.00.